The first-order valence-electron chi connectivity index (χ1n) is 11.9. The Bertz CT molecular complexity index is 1060. The Kier molecular flexibility index (Phi) is 17.4. The van der Waals surface area contributed by atoms with E-state index in [4.69, 9.17) is 29.5 Å². The van der Waals surface area contributed by atoms with Gasteiger partial charge in [-0.15, -0.1) is 0 Å². The van der Waals surface area contributed by atoms with Crippen LogP contribution in [0.25, 0.3) is 0 Å². The Labute approximate surface area is 234 Å². The summed E-state index contributed by atoms with van der Waals surface area (Å²) in [5.74, 6) is -2.88. The molecule has 12 nitrogen and oxygen atoms in total. The Morgan fingerprint density at radius 3 is 1.23 bits per heavy atom. The minimum atomic E-state index is -0.842. The van der Waals surface area contributed by atoms with Crippen molar-refractivity contribution in [3.05, 3.63) is 72.2 Å². The minimum absolute atomic E-state index is 0.150. The highest BCUT2D eigenvalue weighted by atomic mass is 16.6. The van der Waals surface area contributed by atoms with Crippen molar-refractivity contribution < 1.29 is 38.1 Å². The second kappa shape index (κ2) is 19.9. The Hall–Kier alpha value is -5.10. The summed E-state index contributed by atoms with van der Waals surface area (Å²) in [6, 6.07) is 3.51. The molecule has 0 rings (SSSR count). The van der Waals surface area contributed by atoms with Gasteiger partial charge in [0, 0.05) is 38.3 Å². The fraction of sp³-hybridized carbons (Fsp3) is 0.357. The van der Waals surface area contributed by atoms with Crippen molar-refractivity contribution in [1.29, 1.82) is 10.5 Å². The van der Waals surface area contributed by atoms with Crippen LogP contribution in [-0.4, -0.2) is 87.3 Å². The van der Waals surface area contributed by atoms with Crippen molar-refractivity contribution in [2.45, 2.75) is 13.8 Å². The first-order chi connectivity index (χ1) is 18.9. The average molecular weight is 555 g/mol. The van der Waals surface area contributed by atoms with Gasteiger partial charge in [-0.1, -0.05) is 13.2 Å². The first-order valence-corrected chi connectivity index (χ1v) is 11.9. The molecule has 214 valence electrons. The van der Waals surface area contributed by atoms with Gasteiger partial charge in [-0.2, -0.15) is 10.5 Å². The Morgan fingerprint density at radius 2 is 0.950 bits per heavy atom. The molecule has 0 aromatic rings. The van der Waals surface area contributed by atoms with Crippen molar-refractivity contribution in [3.8, 4) is 12.1 Å². The number of nitriles is 2. The molecule has 40 heavy (non-hydrogen) atoms. The number of carbonyl (C=O) groups is 4. The number of hydrogen-bond acceptors (Lipinski definition) is 12. The maximum absolute atomic E-state index is 12.0. The number of rotatable bonds is 17. The summed E-state index contributed by atoms with van der Waals surface area (Å²) < 4.78 is 19.4. The van der Waals surface area contributed by atoms with E-state index < -0.39 is 23.9 Å². The number of likely N-dealkylation sites (N-methyl/N-ethyl adjacent to an activating group) is 2. The zero-order valence-corrected chi connectivity index (χ0v) is 23.2. The SMILES string of the molecule is C=C(C)C(=O)OCCOC(=O)/C(C#N)=C/C=C/N(C)CCN(C)/C=C/C=C(\C#N)C(=O)OCCOC(=O)C(=C)C. The lowest BCUT2D eigenvalue weighted by Gasteiger charge is -2.19. The van der Waals surface area contributed by atoms with Crippen LogP contribution in [0.15, 0.2) is 72.2 Å². The summed E-state index contributed by atoms with van der Waals surface area (Å²) in [6.07, 6.45) is 8.97. The molecule has 0 aromatic carbocycles. The molecule has 0 N–H and O–H groups in total. The van der Waals surface area contributed by atoms with E-state index in [0.29, 0.717) is 13.1 Å². The van der Waals surface area contributed by atoms with E-state index in [-0.39, 0.29) is 48.7 Å². The largest absolute Gasteiger partial charge is 0.459 e. The van der Waals surface area contributed by atoms with Crippen molar-refractivity contribution in [2.75, 3.05) is 53.6 Å². The minimum Gasteiger partial charge on any atom is -0.459 e. The van der Waals surface area contributed by atoms with Crippen LogP contribution in [0.4, 0.5) is 0 Å². The number of hydrogen-bond donors (Lipinski definition) is 0. The Morgan fingerprint density at radius 1 is 0.650 bits per heavy atom. The molecule has 0 saturated heterocycles. The number of esters is 4. The molecule has 0 bridgehead atoms. The molecular weight excluding hydrogens is 520 g/mol. The van der Waals surface area contributed by atoms with Gasteiger partial charge in [0.15, 0.2) is 0 Å². The lowest BCUT2D eigenvalue weighted by Crippen LogP contribution is -2.24. The summed E-state index contributed by atoms with van der Waals surface area (Å²) in [7, 11) is 3.58. The molecule has 0 fully saturated rings. The molecule has 12 heteroatoms. The predicted octanol–water partition coefficient (Wildman–Crippen LogP) is 2.10. The zero-order chi connectivity index (χ0) is 30.5. The van der Waals surface area contributed by atoms with Gasteiger partial charge in [0.25, 0.3) is 0 Å². The van der Waals surface area contributed by atoms with Crippen LogP contribution in [0, 0.1) is 22.7 Å². The van der Waals surface area contributed by atoms with Crippen LogP contribution < -0.4 is 0 Å². The molecular formula is C28H34N4O8. The maximum atomic E-state index is 12.0. The maximum Gasteiger partial charge on any atom is 0.349 e. The normalized spacial score (nSPS) is 11.2. The van der Waals surface area contributed by atoms with Crippen LogP contribution in [-0.2, 0) is 38.1 Å². The molecule has 0 aromatic heterocycles. The average Bonchev–Trinajstić information content (AvgIpc) is 2.91. The van der Waals surface area contributed by atoms with E-state index in [1.165, 1.54) is 38.2 Å². The fourth-order valence-corrected chi connectivity index (χ4v) is 2.28. The third-order valence-electron chi connectivity index (χ3n) is 4.49. The van der Waals surface area contributed by atoms with Crippen LogP contribution in [0.3, 0.4) is 0 Å². The van der Waals surface area contributed by atoms with E-state index in [1.54, 1.807) is 38.6 Å². The molecule has 0 aliphatic carbocycles. The van der Waals surface area contributed by atoms with Crippen LogP contribution in [0.5, 0.6) is 0 Å². The van der Waals surface area contributed by atoms with E-state index >= 15 is 0 Å². The molecule has 0 heterocycles. The van der Waals surface area contributed by atoms with Crippen LogP contribution >= 0.6 is 0 Å². The standard InChI is InChI=1S/C28H34N4O8/c1-21(2)25(33)37-15-17-39-27(35)23(19-29)9-7-11-31(5)13-14-32(6)12-8-10-24(20-30)28(36)40-18-16-38-26(34)22(3)4/h7-12H,1,3,13-18H2,2,4-6H3/b11-7+,12-8+,23-9+,24-10+. The van der Waals surface area contributed by atoms with Crippen molar-refractivity contribution in [3.63, 3.8) is 0 Å². The molecule has 0 aliphatic heterocycles. The number of nitrogens with zero attached hydrogens (tertiary/aromatic N) is 4. The molecule has 0 unspecified atom stereocenters. The molecule has 0 saturated carbocycles. The smallest absolute Gasteiger partial charge is 0.349 e. The van der Waals surface area contributed by atoms with Crippen LogP contribution in [0.2, 0.25) is 0 Å². The highest BCUT2D eigenvalue weighted by Gasteiger charge is 2.11. The van der Waals surface area contributed by atoms with Gasteiger partial charge in [-0.25, -0.2) is 19.2 Å². The van der Waals surface area contributed by atoms with E-state index in [2.05, 4.69) is 13.2 Å². The molecule has 0 radical (unpaired) electrons. The summed E-state index contributed by atoms with van der Waals surface area (Å²) in [5.41, 5.74) is 0.00628. The number of carbonyl (C=O) groups excluding carboxylic acids is 4. The van der Waals surface area contributed by atoms with Crippen molar-refractivity contribution >= 4 is 23.9 Å². The summed E-state index contributed by atoms with van der Waals surface area (Å²) in [6.45, 7) is 10.3. The Balaban J connectivity index is 4.59. The quantitative estimate of drug-likeness (QED) is 0.0644. The third-order valence-corrected chi connectivity index (χ3v) is 4.49. The highest BCUT2D eigenvalue weighted by Crippen LogP contribution is 2.01. The number of allylic oxidation sites excluding steroid dienone is 4. The lowest BCUT2D eigenvalue weighted by molar-refractivity contribution is -0.147. The topological polar surface area (TPSA) is 159 Å². The second-order valence-electron chi connectivity index (χ2n) is 8.13. The summed E-state index contributed by atoms with van der Waals surface area (Å²) >= 11 is 0. The molecule has 0 spiro atoms. The lowest BCUT2D eigenvalue weighted by atomic mass is 10.2. The monoisotopic (exact) mass is 554 g/mol. The van der Waals surface area contributed by atoms with Gasteiger partial charge in [0.05, 0.1) is 0 Å². The zero-order valence-electron chi connectivity index (χ0n) is 23.2. The highest BCUT2D eigenvalue weighted by molar-refractivity contribution is 5.93. The van der Waals surface area contributed by atoms with Gasteiger partial charge in [-0.3, -0.25) is 0 Å². The number of ether oxygens (including phenoxy) is 4. The predicted molar refractivity (Wildman–Crippen MR) is 144 cm³/mol. The summed E-state index contributed by atoms with van der Waals surface area (Å²) in [4.78, 5) is 50.1. The van der Waals surface area contributed by atoms with Gasteiger partial charge in [-0.05, 0) is 50.6 Å². The van der Waals surface area contributed by atoms with E-state index in [9.17, 15) is 19.2 Å². The van der Waals surface area contributed by atoms with E-state index in [1.807, 2.05) is 9.80 Å². The van der Waals surface area contributed by atoms with Crippen molar-refractivity contribution in [1.82, 2.24) is 9.80 Å². The van der Waals surface area contributed by atoms with Gasteiger partial charge in [0.2, 0.25) is 0 Å². The first kappa shape index (κ1) is 34.9. The van der Waals surface area contributed by atoms with Crippen LogP contribution in [0.1, 0.15) is 13.8 Å². The molecule has 0 atom stereocenters. The fourth-order valence-electron chi connectivity index (χ4n) is 2.28. The van der Waals surface area contributed by atoms with Gasteiger partial charge >= 0.3 is 23.9 Å². The van der Waals surface area contributed by atoms with Gasteiger partial charge < -0.3 is 28.7 Å². The molecule has 0 aliphatic rings. The third kappa shape index (κ3) is 15.9. The molecule has 0 amide bonds. The second-order valence-corrected chi connectivity index (χ2v) is 8.13. The van der Waals surface area contributed by atoms with E-state index in [0.717, 1.165) is 0 Å². The summed E-state index contributed by atoms with van der Waals surface area (Å²) in [5, 5.41) is 18.3. The van der Waals surface area contributed by atoms with Crippen molar-refractivity contribution in [2.24, 2.45) is 0 Å². The van der Waals surface area contributed by atoms with Gasteiger partial charge in [0.1, 0.15) is 49.7 Å².